The van der Waals surface area contributed by atoms with Crippen molar-refractivity contribution in [2.45, 2.75) is 58.9 Å². The molecule has 0 unspecified atom stereocenters. The van der Waals surface area contributed by atoms with Gasteiger partial charge >= 0.3 is 0 Å². The maximum absolute atomic E-state index is 5.79. The van der Waals surface area contributed by atoms with Crippen LogP contribution < -0.4 is 10.6 Å². The van der Waals surface area contributed by atoms with E-state index in [1.54, 1.807) is 7.05 Å². The van der Waals surface area contributed by atoms with Gasteiger partial charge < -0.3 is 20.0 Å². The molecule has 6 nitrogen and oxygen atoms in total. The molecular formula is C19H36IN5O. The van der Waals surface area contributed by atoms with Crippen LogP contribution in [0.1, 0.15) is 58.6 Å². The number of nitrogens with zero attached hydrogens (tertiary/aromatic N) is 3. The van der Waals surface area contributed by atoms with Gasteiger partial charge in [0.15, 0.2) is 5.96 Å². The van der Waals surface area contributed by atoms with E-state index in [9.17, 15) is 0 Å². The van der Waals surface area contributed by atoms with Crippen molar-refractivity contribution in [2.24, 2.45) is 10.9 Å². The number of aromatic nitrogens is 1. The Bertz CT molecular complexity index is 544. The molecule has 1 aromatic heterocycles. The molecule has 0 aliphatic carbocycles. The fourth-order valence-electron chi connectivity index (χ4n) is 2.91. The third-order valence-corrected chi connectivity index (χ3v) is 4.74. The van der Waals surface area contributed by atoms with Crippen molar-refractivity contribution in [1.82, 2.24) is 20.5 Å². The number of hydrogen-bond acceptors (Lipinski definition) is 4. The van der Waals surface area contributed by atoms with Gasteiger partial charge in [-0.15, -0.1) is 24.0 Å². The van der Waals surface area contributed by atoms with Crippen LogP contribution in [0.2, 0.25) is 0 Å². The van der Waals surface area contributed by atoms with E-state index in [1.807, 2.05) is 6.20 Å². The molecular weight excluding hydrogens is 441 g/mol. The van der Waals surface area contributed by atoms with Gasteiger partial charge in [-0.05, 0) is 44.8 Å². The molecule has 0 saturated carbocycles. The van der Waals surface area contributed by atoms with Crippen LogP contribution >= 0.6 is 24.0 Å². The smallest absolute Gasteiger partial charge is 0.213 e. The van der Waals surface area contributed by atoms with Gasteiger partial charge in [0.25, 0.3) is 0 Å². The molecule has 1 aliphatic rings. The highest BCUT2D eigenvalue weighted by atomic mass is 127. The number of likely N-dealkylation sites (tertiary alicyclic amines) is 1. The lowest BCUT2D eigenvalue weighted by Crippen LogP contribution is -2.39. The number of hydrogen-bond donors (Lipinski definition) is 2. The summed E-state index contributed by atoms with van der Waals surface area (Å²) in [7, 11) is 1.79. The molecule has 2 rings (SSSR count). The predicted octanol–water partition coefficient (Wildman–Crippen LogP) is 3.38. The summed E-state index contributed by atoms with van der Waals surface area (Å²) < 4.78 is 5.79. The lowest BCUT2D eigenvalue weighted by atomic mass is 9.94. The standard InChI is InChI=1S/C19H35N5O.HI/c1-15-7-11-24(12-8-15)10-6-9-21-18(20-5)23-14-17-22-13-16(25-17)19(2,3)4;/h13,15H,6-12,14H2,1-5H3,(H2,20,21,23);1H. The quantitative estimate of drug-likeness (QED) is 0.285. The molecule has 1 fully saturated rings. The summed E-state index contributed by atoms with van der Waals surface area (Å²) >= 11 is 0. The van der Waals surface area contributed by atoms with E-state index in [4.69, 9.17) is 4.42 Å². The van der Waals surface area contributed by atoms with Crippen molar-refractivity contribution in [2.75, 3.05) is 33.2 Å². The number of nitrogens with one attached hydrogen (secondary N) is 2. The van der Waals surface area contributed by atoms with Crippen LogP contribution in [0.5, 0.6) is 0 Å². The Hall–Kier alpha value is -0.830. The average molecular weight is 477 g/mol. The van der Waals surface area contributed by atoms with Gasteiger partial charge in [-0.2, -0.15) is 0 Å². The minimum atomic E-state index is -0.0164. The van der Waals surface area contributed by atoms with Crippen molar-refractivity contribution in [3.63, 3.8) is 0 Å². The monoisotopic (exact) mass is 477 g/mol. The largest absolute Gasteiger partial charge is 0.443 e. The highest BCUT2D eigenvalue weighted by Gasteiger charge is 2.19. The van der Waals surface area contributed by atoms with Gasteiger partial charge in [0, 0.05) is 19.0 Å². The minimum Gasteiger partial charge on any atom is -0.443 e. The summed E-state index contributed by atoms with van der Waals surface area (Å²) in [4.78, 5) is 11.2. The van der Waals surface area contributed by atoms with E-state index in [1.165, 1.54) is 25.9 Å². The summed E-state index contributed by atoms with van der Waals surface area (Å²) in [5, 5.41) is 6.63. The molecule has 1 aliphatic heterocycles. The molecule has 2 N–H and O–H groups in total. The van der Waals surface area contributed by atoms with Crippen LogP contribution in [0.3, 0.4) is 0 Å². The second kappa shape index (κ2) is 11.1. The molecule has 1 saturated heterocycles. The zero-order chi connectivity index (χ0) is 18.3. The van der Waals surface area contributed by atoms with Gasteiger partial charge in [-0.1, -0.05) is 27.7 Å². The highest BCUT2D eigenvalue weighted by Crippen LogP contribution is 2.22. The summed E-state index contributed by atoms with van der Waals surface area (Å²) in [6, 6.07) is 0. The Kier molecular flexibility index (Phi) is 9.92. The Morgan fingerprint density at radius 3 is 2.58 bits per heavy atom. The van der Waals surface area contributed by atoms with Crippen molar-refractivity contribution < 1.29 is 4.42 Å². The zero-order valence-electron chi connectivity index (χ0n) is 17.0. The van der Waals surface area contributed by atoms with Gasteiger partial charge in [0.05, 0.1) is 12.7 Å². The Morgan fingerprint density at radius 1 is 1.31 bits per heavy atom. The Morgan fingerprint density at radius 2 is 2.00 bits per heavy atom. The average Bonchev–Trinajstić information content (AvgIpc) is 3.05. The van der Waals surface area contributed by atoms with E-state index >= 15 is 0 Å². The van der Waals surface area contributed by atoms with E-state index < -0.39 is 0 Å². The first-order valence-electron chi connectivity index (χ1n) is 9.50. The highest BCUT2D eigenvalue weighted by molar-refractivity contribution is 14.0. The van der Waals surface area contributed by atoms with E-state index in [0.29, 0.717) is 12.4 Å². The van der Waals surface area contributed by atoms with Crippen LogP contribution in [0.15, 0.2) is 15.6 Å². The van der Waals surface area contributed by atoms with Crippen molar-refractivity contribution >= 4 is 29.9 Å². The van der Waals surface area contributed by atoms with Gasteiger partial charge in [0.2, 0.25) is 5.89 Å². The summed E-state index contributed by atoms with van der Waals surface area (Å²) in [5.74, 6) is 3.28. The molecule has 0 amide bonds. The van der Waals surface area contributed by atoms with E-state index in [0.717, 1.165) is 37.1 Å². The number of guanidine groups is 1. The van der Waals surface area contributed by atoms with Crippen LogP contribution in [0, 0.1) is 5.92 Å². The number of aliphatic imine (C=N–C) groups is 1. The zero-order valence-corrected chi connectivity index (χ0v) is 19.3. The van der Waals surface area contributed by atoms with Crippen LogP contribution in [0.4, 0.5) is 0 Å². The molecule has 7 heteroatoms. The third-order valence-electron chi connectivity index (χ3n) is 4.74. The fourth-order valence-corrected chi connectivity index (χ4v) is 2.91. The Balaban J connectivity index is 0.00000338. The molecule has 0 bridgehead atoms. The number of rotatable bonds is 6. The molecule has 0 radical (unpaired) electrons. The van der Waals surface area contributed by atoms with Crippen LogP contribution in [-0.2, 0) is 12.0 Å². The van der Waals surface area contributed by atoms with E-state index in [2.05, 4.69) is 53.2 Å². The summed E-state index contributed by atoms with van der Waals surface area (Å²) in [6.07, 6.45) is 5.61. The molecule has 1 aromatic rings. The summed E-state index contributed by atoms with van der Waals surface area (Å²) in [6.45, 7) is 13.8. The molecule has 0 aromatic carbocycles. The number of oxazole rings is 1. The predicted molar refractivity (Wildman–Crippen MR) is 118 cm³/mol. The second-order valence-corrected chi connectivity index (χ2v) is 8.10. The van der Waals surface area contributed by atoms with Crippen molar-refractivity contribution in [3.8, 4) is 0 Å². The molecule has 0 atom stereocenters. The number of piperidine rings is 1. The van der Waals surface area contributed by atoms with Crippen LogP contribution in [-0.4, -0.2) is 49.1 Å². The fraction of sp³-hybridized carbons (Fsp3) is 0.789. The molecule has 150 valence electrons. The molecule has 0 spiro atoms. The molecule has 26 heavy (non-hydrogen) atoms. The maximum Gasteiger partial charge on any atom is 0.213 e. The Labute approximate surface area is 175 Å². The lowest BCUT2D eigenvalue weighted by molar-refractivity contribution is 0.191. The normalized spacial score (nSPS) is 17.0. The topological polar surface area (TPSA) is 65.7 Å². The first-order chi connectivity index (χ1) is 11.9. The van der Waals surface area contributed by atoms with Crippen molar-refractivity contribution in [3.05, 3.63) is 17.8 Å². The van der Waals surface area contributed by atoms with Gasteiger partial charge in [-0.25, -0.2) is 4.98 Å². The lowest BCUT2D eigenvalue weighted by Gasteiger charge is -2.30. The SMILES string of the molecule is CN=C(NCCCN1CCC(C)CC1)NCc1ncc(C(C)(C)C)o1.I. The van der Waals surface area contributed by atoms with Gasteiger partial charge in [0.1, 0.15) is 5.76 Å². The minimum absolute atomic E-state index is 0. The second-order valence-electron chi connectivity index (χ2n) is 8.10. The third kappa shape index (κ3) is 7.82. The summed E-state index contributed by atoms with van der Waals surface area (Å²) in [5.41, 5.74) is -0.0164. The van der Waals surface area contributed by atoms with Crippen LogP contribution in [0.25, 0.3) is 0 Å². The van der Waals surface area contributed by atoms with Crippen molar-refractivity contribution in [1.29, 1.82) is 0 Å². The number of halogens is 1. The first-order valence-corrected chi connectivity index (χ1v) is 9.50. The first kappa shape index (κ1) is 23.2. The maximum atomic E-state index is 5.79. The van der Waals surface area contributed by atoms with Gasteiger partial charge in [-0.3, -0.25) is 4.99 Å². The molecule has 2 heterocycles. The van der Waals surface area contributed by atoms with E-state index in [-0.39, 0.29) is 29.4 Å².